The van der Waals surface area contributed by atoms with E-state index >= 15 is 0 Å². The van der Waals surface area contributed by atoms with E-state index in [2.05, 4.69) is 161 Å². The second kappa shape index (κ2) is 72.5. The molecule has 0 aromatic rings. The van der Waals surface area contributed by atoms with Gasteiger partial charge in [-0.25, -0.2) is 9.13 Å². The normalized spacial score (nSPS) is 14.7. The third-order valence-electron chi connectivity index (χ3n) is 15.6. The first-order valence-electron chi connectivity index (χ1n) is 38.4. The SMILES string of the molecule is CC/C=C\C/C=C\C/C=C\C/C=C\C/C=C\CCCCCC(=O)OCC(COP(=O)(O)OCC(O)COP(=O)(O)OCC(COC(=O)CCCCCC/C=C\C/C=C\C/C=C\C/C=C\CC)OC(=O)CCCCCCC/C=C\CCCCCC)OC(=O)CCCCCCC/C=C\CCCC. The van der Waals surface area contributed by atoms with E-state index in [-0.39, 0.29) is 25.7 Å². The Hall–Kier alpha value is -4.80. The average Bonchev–Trinajstić information content (AvgIpc) is 1.02. The highest BCUT2D eigenvalue weighted by Gasteiger charge is 2.30. The maximum Gasteiger partial charge on any atom is 0.472 e. The zero-order valence-corrected chi connectivity index (χ0v) is 64.1. The lowest BCUT2D eigenvalue weighted by atomic mass is 10.1. The molecule has 0 amide bonds. The van der Waals surface area contributed by atoms with Crippen molar-refractivity contribution in [3.05, 3.63) is 134 Å². The van der Waals surface area contributed by atoms with Gasteiger partial charge in [0, 0.05) is 25.7 Å². The fourth-order valence-electron chi connectivity index (χ4n) is 9.74. The number of allylic oxidation sites excluding steroid dienone is 22. The summed E-state index contributed by atoms with van der Waals surface area (Å²) in [7, 11) is -9.97. The van der Waals surface area contributed by atoms with E-state index in [9.17, 15) is 43.2 Å². The summed E-state index contributed by atoms with van der Waals surface area (Å²) in [5, 5.41) is 10.6. The minimum absolute atomic E-state index is 0.0732. The van der Waals surface area contributed by atoms with Gasteiger partial charge in [-0.2, -0.15) is 0 Å². The standard InChI is InChI=1S/C81H136O17P2/c1-5-9-13-17-21-25-29-32-34-36-37-39-41-44-47-50-54-58-62-66-78(83)91-71-76(97-80(85)67-63-59-55-51-45-28-24-20-16-12-8-4)73-95-99(87,88)93-69-75(82)70-94-100(89,90)96-74-77(98-81(86)68-64-60-56-52-48-42-31-27-23-19-15-11-7-3)72-92-79(84)65-61-57-53-49-46-43-40-38-35-33-30-26-22-18-14-10-6-2/h9-10,13-14,20-22,24-27,31-35,37,39-40,43-44,47,75-77,82H,5-8,11-12,15-19,23,28-30,36,38,41-42,45-46,48-74H2,1-4H3,(H,87,88)(H,89,90)/b13-9-,14-10-,24-20-,25-21-,26-22-,31-27-,34-32-,35-33-,39-37-,43-40-,47-44-. The molecule has 3 N–H and O–H groups in total. The van der Waals surface area contributed by atoms with Crippen LogP contribution in [0.4, 0.5) is 0 Å². The molecule has 0 saturated heterocycles. The number of carbonyl (C=O) groups is 4. The van der Waals surface area contributed by atoms with Gasteiger partial charge in [0.05, 0.1) is 26.4 Å². The Morgan fingerprint density at radius 1 is 0.290 bits per heavy atom. The van der Waals surface area contributed by atoms with E-state index < -0.39 is 97.5 Å². The largest absolute Gasteiger partial charge is 0.472 e. The smallest absolute Gasteiger partial charge is 0.462 e. The molecule has 0 fully saturated rings. The number of ether oxygens (including phenoxy) is 4. The molecule has 17 nitrogen and oxygen atoms in total. The van der Waals surface area contributed by atoms with Crippen molar-refractivity contribution in [3.8, 4) is 0 Å². The molecular weight excluding hydrogens is 1310 g/mol. The summed E-state index contributed by atoms with van der Waals surface area (Å²) in [6.07, 6.45) is 80.2. The summed E-state index contributed by atoms with van der Waals surface area (Å²) in [5.41, 5.74) is 0. The molecule has 0 aromatic heterocycles. The zero-order valence-electron chi connectivity index (χ0n) is 62.3. The van der Waals surface area contributed by atoms with Crippen molar-refractivity contribution in [1.29, 1.82) is 0 Å². The minimum Gasteiger partial charge on any atom is -0.462 e. The van der Waals surface area contributed by atoms with Crippen molar-refractivity contribution in [2.45, 2.75) is 316 Å². The zero-order chi connectivity index (χ0) is 73.2. The summed E-state index contributed by atoms with van der Waals surface area (Å²) >= 11 is 0. The molecule has 0 heterocycles. The van der Waals surface area contributed by atoms with Crippen molar-refractivity contribution in [2.75, 3.05) is 39.6 Å². The number of carbonyl (C=O) groups excluding carboxylic acids is 4. The summed E-state index contributed by atoms with van der Waals surface area (Å²) in [6, 6.07) is 0. The number of phosphoric ester groups is 2. The molecule has 0 bridgehead atoms. The van der Waals surface area contributed by atoms with E-state index in [0.29, 0.717) is 25.7 Å². The first-order valence-corrected chi connectivity index (χ1v) is 41.4. The van der Waals surface area contributed by atoms with Gasteiger partial charge in [-0.15, -0.1) is 0 Å². The third-order valence-corrected chi connectivity index (χ3v) is 17.5. The van der Waals surface area contributed by atoms with E-state index in [0.717, 1.165) is 180 Å². The van der Waals surface area contributed by atoms with Crippen LogP contribution in [-0.2, 0) is 65.4 Å². The molecule has 0 spiro atoms. The maximum absolute atomic E-state index is 13.1. The summed E-state index contributed by atoms with van der Waals surface area (Å²) in [4.78, 5) is 72.8. The van der Waals surface area contributed by atoms with E-state index in [1.165, 1.54) is 38.5 Å². The molecule has 100 heavy (non-hydrogen) atoms. The minimum atomic E-state index is -4.99. The first-order chi connectivity index (χ1) is 48.7. The van der Waals surface area contributed by atoms with Crippen LogP contribution in [0.5, 0.6) is 0 Å². The highest BCUT2D eigenvalue weighted by molar-refractivity contribution is 7.47. The van der Waals surface area contributed by atoms with Crippen LogP contribution in [0.25, 0.3) is 0 Å². The summed E-state index contributed by atoms with van der Waals surface area (Å²) in [5.74, 6) is -2.26. The highest BCUT2D eigenvalue weighted by Crippen LogP contribution is 2.45. The van der Waals surface area contributed by atoms with Crippen LogP contribution in [0.2, 0.25) is 0 Å². The second-order valence-electron chi connectivity index (χ2n) is 25.2. The van der Waals surface area contributed by atoms with Gasteiger partial charge in [0.15, 0.2) is 12.2 Å². The van der Waals surface area contributed by atoms with Gasteiger partial charge in [0.25, 0.3) is 0 Å². The van der Waals surface area contributed by atoms with Gasteiger partial charge in [0.2, 0.25) is 0 Å². The molecular formula is C81H136O17P2. The highest BCUT2D eigenvalue weighted by atomic mass is 31.2. The van der Waals surface area contributed by atoms with Crippen LogP contribution in [0.15, 0.2) is 134 Å². The van der Waals surface area contributed by atoms with E-state index in [1.807, 2.05) is 0 Å². The number of hydrogen-bond acceptors (Lipinski definition) is 15. The van der Waals surface area contributed by atoms with Crippen molar-refractivity contribution in [2.24, 2.45) is 0 Å². The molecule has 5 unspecified atom stereocenters. The third kappa shape index (κ3) is 71.6. The number of unbranched alkanes of at least 4 members (excludes halogenated alkanes) is 23. The molecule has 0 aliphatic heterocycles. The van der Waals surface area contributed by atoms with Crippen LogP contribution in [0.3, 0.4) is 0 Å². The Kier molecular flexibility index (Phi) is 69.1. The number of aliphatic hydroxyl groups is 1. The van der Waals surface area contributed by atoms with Gasteiger partial charge in [-0.3, -0.25) is 37.3 Å². The fraction of sp³-hybridized carbons (Fsp3) is 0.679. The topological polar surface area (TPSA) is 237 Å². The first kappa shape index (κ1) is 95.2. The summed E-state index contributed by atoms with van der Waals surface area (Å²) < 4.78 is 68.4. The lowest BCUT2D eigenvalue weighted by Gasteiger charge is -2.21. The molecule has 0 saturated carbocycles. The lowest BCUT2D eigenvalue weighted by molar-refractivity contribution is -0.161. The van der Waals surface area contributed by atoms with Gasteiger partial charge < -0.3 is 33.8 Å². The predicted octanol–water partition coefficient (Wildman–Crippen LogP) is 22.1. The quantitative estimate of drug-likeness (QED) is 0.0169. The number of hydrogen-bond donors (Lipinski definition) is 3. The molecule has 0 aromatic carbocycles. The Labute approximate surface area is 605 Å². The van der Waals surface area contributed by atoms with Crippen molar-refractivity contribution < 1.29 is 80.2 Å². The molecule has 0 aliphatic rings. The Bertz CT molecular complexity index is 2420. The van der Waals surface area contributed by atoms with Crippen molar-refractivity contribution >= 4 is 39.5 Å². The van der Waals surface area contributed by atoms with Crippen LogP contribution in [0.1, 0.15) is 297 Å². The predicted molar refractivity (Wildman–Crippen MR) is 408 cm³/mol. The Morgan fingerprint density at radius 2 is 0.530 bits per heavy atom. The van der Waals surface area contributed by atoms with Crippen molar-refractivity contribution in [1.82, 2.24) is 0 Å². The molecule has 0 radical (unpaired) electrons. The van der Waals surface area contributed by atoms with Gasteiger partial charge in [-0.1, -0.05) is 251 Å². The monoisotopic (exact) mass is 1440 g/mol. The van der Waals surface area contributed by atoms with E-state index in [1.54, 1.807) is 0 Å². The van der Waals surface area contributed by atoms with Crippen LogP contribution >= 0.6 is 15.6 Å². The van der Waals surface area contributed by atoms with E-state index in [4.69, 9.17) is 37.0 Å². The Morgan fingerprint density at radius 3 is 0.850 bits per heavy atom. The number of phosphoric acid groups is 2. The Balaban J connectivity index is 5.37. The van der Waals surface area contributed by atoms with Gasteiger partial charge in [-0.05, 0) is 154 Å². The number of aliphatic hydroxyl groups excluding tert-OH is 1. The molecule has 5 atom stereocenters. The van der Waals surface area contributed by atoms with Crippen molar-refractivity contribution in [3.63, 3.8) is 0 Å². The molecule has 0 rings (SSSR count). The van der Waals surface area contributed by atoms with Gasteiger partial charge >= 0.3 is 39.5 Å². The fourth-order valence-corrected chi connectivity index (χ4v) is 11.3. The second-order valence-corrected chi connectivity index (χ2v) is 28.1. The number of rotatable bonds is 71. The number of esters is 4. The lowest BCUT2D eigenvalue weighted by Crippen LogP contribution is -2.30. The van der Waals surface area contributed by atoms with Crippen LogP contribution in [-0.4, -0.2) is 96.7 Å². The summed E-state index contributed by atoms with van der Waals surface area (Å²) in [6.45, 7) is 4.50. The average molecular weight is 1440 g/mol. The van der Waals surface area contributed by atoms with Gasteiger partial charge in [0.1, 0.15) is 19.3 Å². The maximum atomic E-state index is 13.1. The molecule has 0 aliphatic carbocycles. The van der Waals surface area contributed by atoms with Crippen LogP contribution < -0.4 is 0 Å². The molecule has 572 valence electrons. The van der Waals surface area contributed by atoms with Crippen LogP contribution in [0, 0.1) is 0 Å². The molecule has 19 heteroatoms.